The number of ether oxygens (including phenoxy) is 1. The number of piperazine rings is 1. The topological polar surface area (TPSA) is 96.2 Å². The standard InChI is InChI=1S/C25H24F6N4O4/c26-24(27,28)17-8-16(9-18(10-17)25(29,30)31)14-39-23(38)34-7-6-21(36)35-19(11-32)22(37)33(13-20(34)35)12-15-4-2-1-3-5-15/h1-5,8-10,19-20H,6-7,11-14,32H2/t19-,20+/m0/s1. The first-order valence-electron chi connectivity index (χ1n) is 11.8. The van der Waals surface area contributed by atoms with Crippen molar-refractivity contribution in [3.63, 3.8) is 0 Å². The van der Waals surface area contributed by atoms with E-state index in [4.69, 9.17) is 10.5 Å². The molecule has 2 saturated heterocycles. The fourth-order valence-electron chi connectivity index (χ4n) is 4.70. The molecule has 3 amide bonds. The summed E-state index contributed by atoms with van der Waals surface area (Å²) in [5, 5.41) is 0. The first-order chi connectivity index (χ1) is 18.3. The van der Waals surface area contributed by atoms with Crippen LogP contribution in [0.5, 0.6) is 0 Å². The van der Waals surface area contributed by atoms with E-state index >= 15 is 0 Å². The molecule has 4 rings (SSSR count). The summed E-state index contributed by atoms with van der Waals surface area (Å²) in [5.41, 5.74) is 3.02. The lowest BCUT2D eigenvalue weighted by molar-refractivity contribution is -0.167. The summed E-state index contributed by atoms with van der Waals surface area (Å²) in [6, 6.07) is 8.80. The zero-order valence-electron chi connectivity index (χ0n) is 20.3. The second-order valence-electron chi connectivity index (χ2n) is 9.15. The van der Waals surface area contributed by atoms with Gasteiger partial charge in [-0.15, -0.1) is 0 Å². The van der Waals surface area contributed by atoms with Gasteiger partial charge in [-0.1, -0.05) is 30.3 Å². The van der Waals surface area contributed by atoms with Crippen molar-refractivity contribution in [2.45, 2.75) is 44.1 Å². The zero-order chi connectivity index (χ0) is 28.5. The van der Waals surface area contributed by atoms with Gasteiger partial charge in [-0.05, 0) is 29.3 Å². The van der Waals surface area contributed by atoms with Crippen molar-refractivity contribution in [1.82, 2.24) is 14.7 Å². The largest absolute Gasteiger partial charge is 0.444 e. The predicted octanol–water partition coefficient (Wildman–Crippen LogP) is 3.59. The number of benzene rings is 2. The molecule has 0 unspecified atom stereocenters. The van der Waals surface area contributed by atoms with E-state index in [0.29, 0.717) is 12.1 Å². The number of alkyl halides is 6. The molecule has 0 spiro atoms. The number of rotatable bonds is 5. The van der Waals surface area contributed by atoms with E-state index in [1.165, 1.54) is 9.80 Å². The fraction of sp³-hybridized carbons (Fsp3) is 0.400. The molecule has 2 aliphatic rings. The second kappa shape index (κ2) is 10.8. The van der Waals surface area contributed by atoms with Crippen molar-refractivity contribution in [3.05, 3.63) is 70.8 Å². The van der Waals surface area contributed by atoms with Crippen LogP contribution in [-0.2, 0) is 39.8 Å². The second-order valence-corrected chi connectivity index (χ2v) is 9.15. The van der Waals surface area contributed by atoms with E-state index in [0.717, 1.165) is 10.5 Å². The Morgan fingerprint density at radius 1 is 0.949 bits per heavy atom. The molecule has 14 heteroatoms. The monoisotopic (exact) mass is 558 g/mol. The maximum Gasteiger partial charge on any atom is 0.416 e. The number of carbonyl (C=O) groups excluding carboxylic acids is 3. The van der Waals surface area contributed by atoms with Gasteiger partial charge in [0, 0.05) is 26.1 Å². The Hall–Kier alpha value is -3.81. The van der Waals surface area contributed by atoms with Gasteiger partial charge in [0.1, 0.15) is 18.8 Å². The number of carbonyl (C=O) groups is 3. The highest BCUT2D eigenvalue weighted by Gasteiger charge is 2.48. The molecule has 2 aromatic rings. The Labute approximate surface area is 218 Å². The molecular weight excluding hydrogens is 534 g/mol. The Morgan fingerprint density at radius 2 is 1.56 bits per heavy atom. The van der Waals surface area contributed by atoms with Crippen LogP contribution < -0.4 is 5.73 Å². The minimum Gasteiger partial charge on any atom is -0.444 e. The molecule has 2 aromatic carbocycles. The highest BCUT2D eigenvalue weighted by Crippen LogP contribution is 2.36. The molecule has 2 atom stereocenters. The van der Waals surface area contributed by atoms with E-state index in [1.54, 1.807) is 30.3 Å². The summed E-state index contributed by atoms with van der Waals surface area (Å²) in [6.45, 7) is -1.15. The van der Waals surface area contributed by atoms with Crippen LogP contribution in [0.2, 0.25) is 0 Å². The Morgan fingerprint density at radius 3 is 2.13 bits per heavy atom. The quantitative estimate of drug-likeness (QED) is 0.566. The van der Waals surface area contributed by atoms with E-state index < -0.39 is 65.8 Å². The van der Waals surface area contributed by atoms with E-state index in [1.807, 2.05) is 0 Å². The third-order valence-electron chi connectivity index (χ3n) is 6.54. The first-order valence-corrected chi connectivity index (χ1v) is 11.8. The van der Waals surface area contributed by atoms with Crippen molar-refractivity contribution in [1.29, 1.82) is 0 Å². The van der Waals surface area contributed by atoms with Gasteiger partial charge in [0.15, 0.2) is 0 Å². The normalized spacial score (nSPS) is 20.2. The number of hydrogen-bond donors (Lipinski definition) is 1. The molecule has 2 aliphatic heterocycles. The maximum absolute atomic E-state index is 13.2. The first kappa shape index (κ1) is 28.2. The van der Waals surface area contributed by atoms with Gasteiger partial charge in [0.2, 0.25) is 11.8 Å². The van der Waals surface area contributed by atoms with Crippen LogP contribution >= 0.6 is 0 Å². The van der Waals surface area contributed by atoms with Crippen molar-refractivity contribution in [3.8, 4) is 0 Å². The van der Waals surface area contributed by atoms with Gasteiger partial charge < -0.3 is 20.3 Å². The third kappa shape index (κ3) is 6.10. The van der Waals surface area contributed by atoms with E-state index in [2.05, 4.69) is 0 Å². The molecule has 0 aliphatic carbocycles. The summed E-state index contributed by atoms with van der Waals surface area (Å²) in [5.74, 6) is -0.829. The van der Waals surface area contributed by atoms with Gasteiger partial charge in [-0.25, -0.2) is 4.79 Å². The lowest BCUT2D eigenvalue weighted by Crippen LogP contribution is -2.72. The SMILES string of the molecule is NC[C@H]1C(=O)N(Cc2ccccc2)C[C@@H]2N(C(=O)OCc3cc(C(F)(F)F)cc(C(F)(F)F)c3)CCC(=O)N21. The highest BCUT2D eigenvalue weighted by molar-refractivity contribution is 5.90. The summed E-state index contributed by atoms with van der Waals surface area (Å²) < 4.78 is 84.2. The van der Waals surface area contributed by atoms with Crippen molar-refractivity contribution in [2.75, 3.05) is 19.6 Å². The number of nitrogens with zero attached hydrogens (tertiary/aromatic N) is 3. The smallest absolute Gasteiger partial charge is 0.416 e. The Balaban J connectivity index is 1.55. The summed E-state index contributed by atoms with van der Waals surface area (Å²) in [7, 11) is 0. The average Bonchev–Trinajstić information content (AvgIpc) is 2.88. The molecule has 0 aromatic heterocycles. The minimum absolute atomic E-state index is 0.0211. The molecule has 39 heavy (non-hydrogen) atoms. The fourth-order valence-corrected chi connectivity index (χ4v) is 4.70. The van der Waals surface area contributed by atoms with Gasteiger partial charge in [0.25, 0.3) is 0 Å². The number of nitrogens with two attached hydrogens (primary N) is 1. The predicted molar refractivity (Wildman–Crippen MR) is 123 cm³/mol. The summed E-state index contributed by atoms with van der Waals surface area (Å²) in [6.07, 6.45) is -12.3. The van der Waals surface area contributed by atoms with Gasteiger partial charge in [-0.3, -0.25) is 14.5 Å². The van der Waals surface area contributed by atoms with Crippen molar-refractivity contribution < 1.29 is 45.5 Å². The van der Waals surface area contributed by atoms with Crippen LogP contribution in [0.3, 0.4) is 0 Å². The van der Waals surface area contributed by atoms with Crippen LogP contribution in [-0.4, -0.2) is 64.4 Å². The number of fused-ring (bicyclic) bond motifs is 1. The molecule has 0 saturated carbocycles. The van der Waals surface area contributed by atoms with Crippen LogP contribution in [0.15, 0.2) is 48.5 Å². The molecule has 2 fully saturated rings. The molecule has 0 radical (unpaired) electrons. The number of halogens is 6. The minimum atomic E-state index is -5.05. The Bertz CT molecular complexity index is 1210. The number of amides is 3. The van der Waals surface area contributed by atoms with Crippen LogP contribution in [0.25, 0.3) is 0 Å². The summed E-state index contributed by atoms with van der Waals surface area (Å²) >= 11 is 0. The lowest BCUT2D eigenvalue weighted by atomic mass is 10.0. The molecule has 2 N–H and O–H groups in total. The van der Waals surface area contributed by atoms with Crippen molar-refractivity contribution >= 4 is 17.9 Å². The van der Waals surface area contributed by atoms with E-state index in [-0.39, 0.29) is 38.7 Å². The van der Waals surface area contributed by atoms with Crippen LogP contribution in [0, 0.1) is 0 Å². The zero-order valence-corrected chi connectivity index (χ0v) is 20.3. The van der Waals surface area contributed by atoms with E-state index in [9.17, 15) is 40.7 Å². The maximum atomic E-state index is 13.2. The molecule has 0 bridgehead atoms. The third-order valence-corrected chi connectivity index (χ3v) is 6.54. The molecule has 8 nitrogen and oxygen atoms in total. The van der Waals surface area contributed by atoms with Crippen molar-refractivity contribution in [2.24, 2.45) is 5.73 Å². The molecule has 210 valence electrons. The molecule has 2 heterocycles. The van der Waals surface area contributed by atoms with Crippen LogP contribution in [0.1, 0.15) is 28.7 Å². The van der Waals surface area contributed by atoms with Crippen LogP contribution in [0.4, 0.5) is 31.1 Å². The Kier molecular flexibility index (Phi) is 7.77. The average molecular weight is 558 g/mol. The van der Waals surface area contributed by atoms with Gasteiger partial charge in [0.05, 0.1) is 17.7 Å². The van der Waals surface area contributed by atoms with Gasteiger partial charge in [-0.2, -0.15) is 26.3 Å². The lowest BCUT2D eigenvalue weighted by Gasteiger charge is -2.51. The highest BCUT2D eigenvalue weighted by atomic mass is 19.4. The number of hydrogen-bond acceptors (Lipinski definition) is 5. The molecular formula is C25H24F6N4O4. The summed E-state index contributed by atoms with van der Waals surface area (Å²) in [4.78, 5) is 42.6. The van der Waals surface area contributed by atoms with Gasteiger partial charge >= 0.3 is 18.4 Å².